The molecule has 1 aromatic carbocycles. The highest BCUT2D eigenvalue weighted by atomic mass is 127. The van der Waals surface area contributed by atoms with Crippen LogP contribution >= 0.6 is 24.0 Å². The second-order valence-corrected chi connectivity index (χ2v) is 7.45. The molecule has 11 heteroatoms. The van der Waals surface area contributed by atoms with Crippen molar-refractivity contribution in [3.63, 3.8) is 0 Å². The molecule has 3 rings (SSSR count). The molecule has 1 aromatic heterocycles. The second kappa shape index (κ2) is 11.6. The highest BCUT2D eigenvalue weighted by Gasteiger charge is 2.36. The Bertz CT molecular complexity index is 911. The average Bonchev–Trinajstić information content (AvgIpc) is 3.38. The molecule has 2 aromatic rings. The third-order valence-corrected chi connectivity index (χ3v) is 5.16. The van der Waals surface area contributed by atoms with Gasteiger partial charge in [0.1, 0.15) is 11.5 Å². The van der Waals surface area contributed by atoms with Gasteiger partial charge in [0.15, 0.2) is 11.7 Å². The number of guanidine groups is 1. The summed E-state index contributed by atoms with van der Waals surface area (Å²) >= 11 is 0. The maximum absolute atomic E-state index is 13.1. The van der Waals surface area contributed by atoms with Crippen LogP contribution in [0.4, 0.5) is 13.2 Å². The summed E-state index contributed by atoms with van der Waals surface area (Å²) in [5.41, 5.74) is 0.0565. The predicted molar refractivity (Wildman–Crippen MR) is 127 cm³/mol. The van der Waals surface area contributed by atoms with Gasteiger partial charge in [0.25, 0.3) is 0 Å². The third kappa shape index (κ3) is 6.91. The summed E-state index contributed by atoms with van der Waals surface area (Å²) in [6, 6.07) is 5.61. The van der Waals surface area contributed by atoms with Gasteiger partial charge in [0, 0.05) is 50.6 Å². The van der Waals surface area contributed by atoms with E-state index in [2.05, 4.69) is 20.7 Å². The molecule has 0 amide bonds. The lowest BCUT2D eigenvalue weighted by atomic mass is 10.2. The molecule has 1 heterocycles. The van der Waals surface area contributed by atoms with Crippen LogP contribution in [0.3, 0.4) is 0 Å². The Hall–Kier alpha value is -2.18. The van der Waals surface area contributed by atoms with Gasteiger partial charge in [-0.2, -0.15) is 18.3 Å². The van der Waals surface area contributed by atoms with Crippen molar-refractivity contribution >= 4 is 29.9 Å². The summed E-state index contributed by atoms with van der Waals surface area (Å²) in [5, 5.41) is 9.57. The molecule has 1 fully saturated rings. The fourth-order valence-corrected chi connectivity index (χ4v) is 3.59. The highest BCUT2D eigenvalue weighted by molar-refractivity contribution is 14.0. The molecule has 0 aliphatic heterocycles. The van der Waals surface area contributed by atoms with Crippen molar-refractivity contribution in [2.75, 3.05) is 14.2 Å². The van der Waals surface area contributed by atoms with Crippen molar-refractivity contribution in [2.45, 2.75) is 51.1 Å². The maximum atomic E-state index is 13.1. The lowest BCUT2D eigenvalue weighted by Crippen LogP contribution is -2.36. The van der Waals surface area contributed by atoms with Crippen LogP contribution in [0.15, 0.2) is 29.4 Å². The molecule has 0 saturated heterocycles. The molecule has 1 saturated carbocycles. The van der Waals surface area contributed by atoms with E-state index in [0.717, 1.165) is 41.7 Å². The van der Waals surface area contributed by atoms with Crippen molar-refractivity contribution in [3.8, 4) is 11.5 Å². The molecular weight excluding hydrogens is 538 g/mol. The Morgan fingerprint density at radius 2 is 1.84 bits per heavy atom. The van der Waals surface area contributed by atoms with Crippen LogP contribution in [0.1, 0.15) is 42.5 Å². The number of hydrogen-bond donors (Lipinski definition) is 2. The SMILES string of the molecule is CN=C(NCc1ccc(OC)cc1OC1CCCC1)NCc1cn(C)nc1C(F)(F)F.I. The Morgan fingerprint density at radius 3 is 2.44 bits per heavy atom. The van der Waals surface area contributed by atoms with Crippen molar-refractivity contribution in [1.29, 1.82) is 0 Å². The third-order valence-electron chi connectivity index (χ3n) is 5.16. The molecule has 0 unspecified atom stereocenters. The number of ether oxygens (including phenoxy) is 2. The minimum Gasteiger partial charge on any atom is -0.497 e. The smallest absolute Gasteiger partial charge is 0.435 e. The minimum atomic E-state index is -4.51. The van der Waals surface area contributed by atoms with Crippen molar-refractivity contribution < 1.29 is 22.6 Å². The van der Waals surface area contributed by atoms with Gasteiger partial charge < -0.3 is 20.1 Å². The average molecular weight is 567 g/mol. The zero-order valence-electron chi connectivity index (χ0n) is 18.3. The Morgan fingerprint density at radius 1 is 1.19 bits per heavy atom. The Labute approximate surface area is 202 Å². The van der Waals surface area contributed by atoms with Crippen molar-refractivity contribution in [1.82, 2.24) is 20.4 Å². The fourth-order valence-electron chi connectivity index (χ4n) is 3.59. The zero-order chi connectivity index (χ0) is 22.4. The van der Waals surface area contributed by atoms with Gasteiger partial charge in [0.2, 0.25) is 0 Å². The molecular formula is C21H29F3IN5O2. The number of alkyl halides is 3. The maximum Gasteiger partial charge on any atom is 0.435 e. The molecule has 178 valence electrons. The van der Waals surface area contributed by atoms with E-state index in [9.17, 15) is 13.2 Å². The first-order chi connectivity index (χ1) is 14.8. The predicted octanol–water partition coefficient (Wildman–Crippen LogP) is 4.25. The Kier molecular flexibility index (Phi) is 9.47. The molecule has 1 aliphatic carbocycles. The van der Waals surface area contributed by atoms with E-state index in [4.69, 9.17) is 9.47 Å². The lowest BCUT2D eigenvalue weighted by Gasteiger charge is -2.19. The van der Waals surface area contributed by atoms with E-state index in [0.29, 0.717) is 18.3 Å². The first kappa shape index (κ1) is 26.1. The van der Waals surface area contributed by atoms with Gasteiger partial charge in [-0.15, -0.1) is 24.0 Å². The van der Waals surface area contributed by atoms with Crippen LogP contribution in [0.2, 0.25) is 0 Å². The van der Waals surface area contributed by atoms with Crippen LogP contribution < -0.4 is 20.1 Å². The quantitative estimate of drug-likeness (QED) is 0.298. The first-order valence-electron chi connectivity index (χ1n) is 10.2. The minimum absolute atomic E-state index is 0. The topological polar surface area (TPSA) is 72.7 Å². The van der Waals surface area contributed by atoms with E-state index < -0.39 is 11.9 Å². The van der Waals surface area contributed by atoms with E-state index in [1.165, 1.54) is 13.2 Å². The molecule has 0 radical (unpaired) electrons. The van der Waals surface area contributed by atoms with Gasteiger partial charge in [0.05, 0.1) is 13.2 Å². The first-order valence-corrected chi connectivity index (χ1v) is 10.2. The standard InChI is InChI=1S/C21H28F3N5O2.HI/c1-25-20(27-12-15-13-29(2)28-19(15)21(22,23)24)26-11-14-8-9-17(30-3)10-18(14)31-16-6-4-5-7-16;/h8-10,13,16H,4-7,11-12H2,1-3H3,(H2,25,26,27);1H. The number of hydrogen-bond acceptors (Lipinski definition) is 4. The number of nitrogens with one attached hydrogen (secondary N) is 2. The number of aliphatic imine (C=N–C) groups is 1. The van der Waals surface area contributed by atoms with Crippen LogP contribution in [0.5, 0.6) is 11.5 Å². The molecule has 0 spiro atoms. The van der Waals surface area contributed by atoms with Crippen LogP contribution in [0, 0.1) is 0 Å². The summed E-state index contributed by atoms with van der Waals surface area (Å²) in [6.07, 6.45) is 1.40. The van der Waals surface area contributed by atoms with Gasteiger partial charge in [-0.3, -0.25) is 9.67 Å². The molecule has 0 atom stereocenters. The fraction of sp³-hybridized carbons (Fsp3) is 0.524. The second-order valence-electron chi connectivity index (χ2n) is 7.45. The van der Waals surface area contributed by atoms with Gasteiger partial charge in [-0.25, -0.2) is 0 Å². The van der Waals surface area contributed by atoms with E-state index in [-0.39, 0.29) is 42.2 Å². The summed E-state index contributed by atoms with van der Waals surface area (Å²) in [7, 11) is 4.63. The number of halogens is 4. The van der Waals surface area contributed by atoms with E-state index >= 15 is 0 Å². The highest BCUT2D eigenvalue weighted by Crippen LogP contribution is 2.31. The molecule has 32 heavy (non-hydrogen) atoms. The number of nitrogens with zero attached hydrogens (tertiary/aromatic N) is 3. The van der Waals surface area contributed by atoms with Crippen LogP contribution in [0.25, 0.3) is 0 Å². The van der Waals surface area contributed by atoms with Gasteiger partial charge >= 0.3 is 6.18 Å². The molecule has 2 N–H and O–H groups in total. The summed E-state index contributed by atoms with van der Waals surface area (Å²) in [6.45, 7) is 0.335. The van der Waals surface area contributed by atoms with Crippen LogP contribution in [-0.2, 0) is 26.3 Å². The summed E-state index contributed by atoms with van der Waals surface area (Å²) in [5.74, 6) is 1.82. The van der Waals surface area contributed by atoms with Crippen molar-refractivity contribution in [2.24, 2.45) is 12.0 Å². The number of aryl methyl sites for hydroxylation is 1. The molecule has 7 nitrogen and oxygen atoms in total. The van der Waals surface area contributed by atoms with E-state index in [1.807, 2.05) is 18.2 Å². The zero-order valence-corrected chi connectivity index (χ0v) is 20.7. The summed E-state index contributed by atoms with van der Waals surface area (Å²) in [4.78, 5) is 4.10. The number of rotatable bonds is 7. The monoisotopic (exact) mass is 567 g/mol. The molecule has 0 bridgehead atoms. The lowest BCUT2D eigenvalue weighted by molar-refractivity contribution is -0.142. The van der Waals surface area contributed by atoms with Gasteiger partial charge in [-0.1, -0.05) is 0 Å². The van der Waals surface area contributed by atoms with Crippen molar-refractivity contribution in [3.05, 3.63) is 41.2 Å². The normalized spacial score (nSPS) is 14.8. The van der Waals surface area contributed by atoms with Gasteiger partial charge in [-0.05, 0) is 37.8 Å². The van der Waals surface area contributed by atoms with E-state index in [1.54, 1.807) is 14.2 Å². The van der Waals surface area contributed by atoms with Crippen LogP contribution in [-0.4, -0.2) is 36.0 Å². The number of benzene rings is 1. The largest absolute Gasteiger partial charge is 0.497 e. The molecule has 1 aliphatic rings. The summed E-state index contributed by atoms with van der Waals surface area (Å²) < 4.78 is 52.1. The Balaban J connectivity index is 0.00000363. The number of aromatic nitrogens is 2. The number of methoxy groups -OCH3 is 1.